The fraction of sp³-hybridized carbons (Fsp3) is 0.300. The summed E-state index contributed by atoms with van der Waals surface area (Å²) in [5, 5.41) is 2.77. The highest BCUT2D eigenvalue weighted by Crippen LogP contribution is 2.26. The monoisotopic (exact) mass is 452 g/mol. The summed E-state index contributed by atoms with van der Waals surface area (Å²) in [4.78, 5) is 26.4. The summed E-state index contributed by atoms with van der Waals surface area (Å²) in [6, 6.07) is 13.2. The van der Waals surface area contributed by atoms with Gasteiger partial charge in [-0.3, -0.25) is 9.69 Å². The van der Waals surface area contributed by atoms with Crippen molar-refractivity contribution in [2.75, 3.05) is 0 Å². The molecule has 0 aromatic heterocycles. The van der Waals surface area contributed by atoms with E-state index < -0.39 is 18.2 Å². The van der Waals surface area contributed by atoms with Crippen molar-refractivity contribution in [2.45, 2.75) is 38.5 Å². The van der Waals surface area contributed by atoms with E-state index >= 15 is 0 Å². The summed E-state index contributed by atoms with van der Waals surface area (Å²) < 4.78 is 29.7. The van der Waals surface area contributed by atoms with Crippen LogP contribution in [0.1, 0.15) is 24.5 Å². The number of carbonyl (C=O) groups is 2. The predicted molar refractivity (Wildman–Crippen MR) is 103 cm³/mol. The molecule has 1 saturated heterocycles. The van der Waals surface area contributed by atoms with Crippen molar-refractivity contribution in [3.63, 3.8) is 0 Å². The predicted octanol–water partition coefficient (Wildman–Crippen LogP) is 4.49. The Hall–Kier alpha value is -2.48. The average molecular weight is 453 g/mol. The molecule has 2 aromatic rings. The molecule has 1 aliphatic heterocycles. The van der Waals surface area contributed by atoms with Crippen LogP contribution in [0.15, 0.2) is 53.0 Å². The highest BCUT2D eigenvalue weighted by atomic mass is 79.9. The number of nitrogens with one attached hydrogen (secondary N) is 1. The Morgan fingerprint density at radius 3 is 2.29 bits per heavy atom. The van der Waals surface area contributed by atoms with Crippen molar-refractivity contribution in [2.24, 2.45) is 0 Å². The molecule has 3 rings (SSSR count). The molecule has 1 atom stereocenters. The zero-order chi connectivity index (χ0) is 20.3. The minimum Gasteiger partial charge on any atom is -0.435 e. The molecule has 28 heavy (non-hydrogen) atoms. The van der Waals surface area contributed by atoms with E-state index in [1.54, 1.807) is 19.1 Å². The van der Waals surface area contributed by atoms with E-state index in [1.807, 2.05) is 24.3 Å². The first-order chi connectivity index (χ1) is 13.3. The summed E-state index contributed by atoms with van der Waals surface area (Å²) in [5.41, 5.74) is 0.701. The van der Waals surface area contributed by atoms with Gasteiger partial charge < -0.3 is 10.1 Å². The van der Waals surface area contributed by atoms with E-state index in [1.165, 1.54) is 17.0 Å². The fourth-order valence-corrected chi connectivity index (χ4v) is 3.33. The first-order valence-corrected chi connectivity index (χ1v) is 9.48. The van der Waals surface area contributed by atoms with Crippen molar-refractivity contribution in [3.8, 4) is 5.75 Å². The number of imide groups is 1. The van der Waals surface area contributed by atoms with E-state index in [9.17, 15) is 18.4 Å². The van der Waals surface area contributed by atoms with Gasteiger partial charge in [-0.1, -0.05) is 40.2 Å². The molecule has 0 radical (unpaired) electrons. The number of urea groups is 1. The van der Waals surface area contributed by atoms with Gasteiger partial charge in [-0.15, -0.1) is 0 Å². The lowest BCUT2D eigenvalue weighted by molar-refractivity contribution is -0.131. The van der Waals surface area contributed by atoms with Crippen LogP contribution in [0.3, 0.4) is 0 Å². The van der Waals surface area contributed by atoms with E-state index in [0.717, 1.165) is 15.6 Å². The summed E-state index contributed by atoms with van der Waals surface area (Å²) in [6.07, 6.45) is 0.896. The third-order valence-corrected chi connectivity index (χ3v) is 5.19. The highest BCUT2D eigenvalue weighted by Gasteiger charge is 2.47. The zero-order valence-corrected chi connectivity index (χ0v) is 16.7. The SMILES string of the molecule is CC1(CCc2ccc(OC(F)F)cc2)NC(=O)N(Cc2ccc(Br)cc2)C1=O. The number of hydrogen-bond donors (Lipinski definition) is 1. The van der Waals surface area contributed by atoms with Crippen molar-refractivity contribution in [1.29, 1.82) is 0 Å². The second kappa shape index (κ2) is 8.26. The first-order valence-electron chi connectivity index (χ1n) is 8.69. The van der Waals surface area contributed by atoms with Crippen LogP contribution in [0.2, 0.25) is 0 Å². The number of rotatable bonds is 7. The highest BCUT2D eigenvalue weighted by molar-refractivity contribution is 9.10. The van der Waals surface area contributed by atoms with Gasteiger partial charge in [0.25, 0.3) is 5.91 Å². The molecule has 1 fully saturated rings. The molecule has 0 spiro atoms. The molecule has 0 aliphatic carbocycles. The lowest BCUT2D eigenvalue weighted by atomic mass is 9.93. The van der Waals surface area contributed by atoms with Gasteiger partial charge in [0.1, 0.15) is 11.3 Å². The van der Waals surface area contributed by atoms with Gasteiger partial charge in [-0.2, -0.15) is 8.78 Å². The zero-order valence-electron chi connectivity index (χ0n) is 15.1. The molecule has 0 saturated carbocycles. The molecule has 3 amide bonds. The number of benzene rings is 2. The van der Waals surface area contributed by atoms with E-state index in [2.05, 4.69) is 26.0 Å². The summed E-state index contributed by atoms with van der Waals surface area (Å²) in [7, 11) is 0. The summed E-state index contributed by atoms with van der Waals surface area (Å²) in [6.45, 7) is -0.969. The number of alkyl halides is 2. The topological polar surface area (TPSA) is 58.6 Å². The molecule has 5 nitrogen and oxygen atoms in total. The number of aryl methyl sites for hydroxylation is 1. The minimum atomic E-state index is -2.87. The van der Waals surface area contributed by atoms with E-state index in [-0.39, 0.29) is 18.2 Å². The van der Waals surface area contributed by atoms with Crippen molar-refractivity contribution in [3.05, 3.63) is 64.1 Å². The molecule has 1 unspecified atom stereocenters. The van der Waals surface area contributed by atoms with Gasteiger partial charge >= 0.3 is 12.6 Å². The fourth-order valence-electron chi connectivity index (χ4n) is 3.06. The molecular weight excluding hydrogens is 434 g/mol. The van der Waals surface area contributed by atoms with Gasteiger partial charge in [0.05, 0.1) is 6.54 Å². The quantitative estimate of drug-likeness (QED) is 0.629. The van der Waals surface area contributed by atoms with Gasteiger partial charge in [0.15, 0.2) is 0 Å². The van der Waals surface area contributed by atoms with Crippen LogP contribution in [-0.4, -0.2) is 29.0 Å². The van der Waals surface area contributed by atoms with Crippen LogP contribution in [0.5, 0.6) is 5.75 Å². The average Bonchev–Trinajstić information content (AvgIpc) is 2.86. The lowest BCUT2D eigenvalue weighted by Gasteiger charge is -2.21. The van der Waals surface area contributed by atoms with Gasteiger partial charge in [0, 0.05) is 4.47 Å². The molecule has 148 valence electrons. The number of ether oxygens (including phenoxy) is 1. The van der Waals surface area contributed by atoms with Crippen LogP contribution in [-0.2, 0) is 17.8 Å². The molecule has 0 bridgehead atoms. The maximum absolute atomic E-state index is 12.8. The number of amides is 3. The van der Waals surface area contributed by atoms with Crippen LogP contribution in [0.4, 0.5) is 13.6 Å². The Labute approximate surface area is 169 Å². The molecule has 1 N–H and O–H groups in total. The number of carbonyl (C=O) groups excluding carboxylic acids is 2. The van der Waals surface area contributed by atoms with Gasteiger partial charge in [-0.05, 0) is 55.2 Å². The minimum absolute atomic E-state index is 0.0795. The lowest BCUT2D eigenvalue weighted by Crippen LogP contribution is -2.44. The maximum atomic E-state index is 12.8. The number of hydrogen-bond acceptors (Lipinski definition) is 3. The normalized spacial score (nSPS) is 19.2. The third-order valence-electron chi connectivity index (χ3n) is 4.66. The maximum Gasteiger partial charge on any atom is 0.387 e. The van der Waals surface area contributed by atoms with Crippen molar-refractivity contribution < 1.29 is 23.1 Å². The molecule has 1 heterocycles. The largest absolute Gasteiger partial charge is 0.435 e. The van der Waals surface area contributed by atoms with Gasteiger partial charge in [-0.25, -0.2) is 4.79 Å². The van der Waals surface area contributed by atoms with Crippen molar-refractivity contribution >= 4 is 27.9 Å². The third kappa shape index (κ3) is 4.67. The molecule has 8 heteroatoms. The smallest absolute Gasteiger partial charge is 0.387 e. The number of halogens is 3. The summed E-state index contributed by atoms with van der Waals surface area (Å²) >= 11 is 3.35. The molecule has 1 aliphatic rings. The van der Waals surface area contributed by atoms with Crippen molar-refractivity contribution in [1.82, 2.24) is 10.2 Å². The Bertz CT molecular complexity index is 859. The Morgan fingerprint density at radius 2 is 1.68 bits per heavy atom. The van der Waals surface area contributed by atoms with E-state index in [0.29, 0.717) is 12.8 Å². The Balaban J connectivity index is 1.63. The van der Waals surface area contributed by atoms with Crippen LogP contribution < -0.4 is 10.1 Å². The molecule has 2 aromatic carbocycles. The van der Waals surface area contributed by atoms with Gasteiger partial charge in [0.2, 0.25) is 0 Å². The standard InChI is InChI=1S/C20H19BrF2N2O3/c1-20(11-10-13-4-8-16(9-5-13)28-18(22)23)17(26)25(19(27)24-20)12-14-2-6-15(21)7-3-14/h2-9,18H,10-12H2,1H3,(H,24,27). The summed E-state index contributed by atoms with van der Waals surface area (Å²) in [5.74, 6) is -0.200. The van der Waals surface area contributed by atoms with Crippen LogP contribution in [0, 0.1) is 0 Å². The Morgan fingerprint density at radius 1 is 1.07 bits per heavy atom. The van der Waals surface area contributed by atoms with Crippen LogP contribution in [0.25, 0.3) is 0 Å². The number of nitrogens with zero attached hydrogens (tertiary/aromatic N) is 1. The van der Waals surface area contributed by atoms with Crippen LogP contribution >= 0.6 is 15.9 Å². The first kappa shape index (κ1) is 20.3. The second-order valence-electron chi connectivity index (χ2n) is 6.80. The van der Waals surface area contributed by atoms with E-state index in [4.69, 9.17) is 0 Å². The second-order valence-corrected chi connectivity index (χ2v) is 7.72. The molecular formula is C20H19BrF2N2O3. The Kier molecular flexibility index (Phi) is 5.98.